The number of carbonyl (C=O) groups is 1. The number of fused-ring (bicyclic) bond motifs is 1. The summed E-state index contributed by atoms with van der Waals surface area (Å²) >= 11 is 13.6. The molecule has 1 aliphatic rings. The smallest absolute Gasteiger partial charge is 0.337 e. The fourth-order valence-electron chi connectivity index (χ4n) is 5.47. The van der Waals surface area contributed by atoms with Crippen molar-refractivity contribution in [2.75, 3.05) is 38.3 Å². The number of nitrogens with zero attached hydrogens (tertiary/aromatic N) is 3. The van der Waals surface area contributed by atoms with Crippen molar-refractivity contribution in [1.29, 1.82) is 0 Å². The second kappa shape index (κ2) is 15.8. The second-order valence-electron chi connectivity index (χ2n) is 10.7. The van der Waals surface area contributed by atoms with E-state index in [1.807, 2.05) is 44.2 Å². The maximum absolute atomic E-state index is 14.2. The van der Waals surface area contributed by atoms with Crippen molar-refractivity contribution in [2.24, 2.45) is 4.99 Å². The number of benzene rings is 3. The summed E-state index contributed by atoms with van der Waals surface area (Å²) in [6.45, 7) is 10.7. The molecule has 0 N–H and O–H groups in total. The number of aromatic nitrogens is 1. The Balaban J connectivity index is 1.62. The van der Waals surface area contributed by atoms with Crippen LogP contribution in [0.25, 0.3) is 6.08 Å². The third-order valence-corrected chi connectivity index (χ3v) is 9.53. The van der Waals surface area contributed by atoms with Gasteiger partial charge in [0.25, 0.3) is 5.56 Å². The lowest BCUT2D eigenvalue weighted by Crippen LogP contribution is -2.39. The van der Waals surface area contributed by atoms with E-state index in [0.717, 1.165) is 24.3 Å². The highest BCUT2D eigenvalue weighted by Gasteiger charge is 2.31. The van der Waals surface area contributed by atoms with Gasteiger partial charge in [-0.05, 0) is 81.3 Å². The van der Waals surface area contributed by atoms with Crippen LogP contribution in [-0.2, 0) is 16.1 Å². The molecule has 0 amide bonds. The highest BCUT2D eigenvalue weighted by molar-refractivity contribution is 7.07. The summed E-state index contributed by atoms with van der Waals surface area (Å²) in [5, 5.41) is 0.908. The minimum atomic E-state index is -0.804. The van der Waals surface area contributed by atoms with Crippen LogP contribution in [-0.4, -0.2) is 43.9 Å². The molecule has 0 spiro atoms. The zero-order valence-electron chi connectivity index (χ0n) is 27.4. The Morgan fingerprint density at radius 3 is 2.35 bits per heavy atom. The average molecular weight is 711 g/mol. The third kappa shape index (κ3) is 7.41. The summed E-state index contributed by atoms with van der Waals surface area (Å²) in [5.74, 6) is 1.09. The van der Waals surface area contributed by atoms with Crippen LogP contribution in [0.4, 0.5) is 5.69 Å². The summed E-state index contributed by atoms with van der Waals surface area (Å²) in [4.78, 5) is 34.4. The van der Waals surface area contributed by atoms with Crippen molar-refractivity contribution in [2.45, 2.75) is 40.3 Å². The van der Waals surface area contributed by atoms with Crippen LogP contribution in [0.2, 0.25) is 10.0 Å². The summed E-state index contributed by atoms with van der Waals surface area (Å²) in [6, 6.07) is 15.9. The first-order valence-corrected chi connectivity index (χ1v) is 17.2. The maximum Gasteiger partial charge on any atom is 0.337 e. The van der Waals surface area contributed by atoms with Crippen molar-refractivity contribution >= 4 is 52.3 Å². The Bertz CT molecular complexity index is 2020. The van der Waals surface area contributed by atoms with E-state index in [4.69, 9.17) is 42.1 Å². The zero-order valence-corrected chi connectivity index (χ0v) is 29.7. The van der Waals surface area contributed by atoms with Gasteiger partial charge in [-0.1, -0.05) is 46.7 Å². The number of thiazole rings is 1. The standard InChI is InChI=1S/C36H37Cl2N3O6S/c1-6-40(7-2)25-13-11-23(30(19-25)47-21-22-10-14-27(37)28(38)16-22)18-32-34(42)41-33(26(35(43)44-5)20-39-36(41)48-32)24-12-15-29(45-8-3)31(17-24)46-9-4/h10-20,33H,6-9,21H2,1-5H3/b32-18+/t33-/m1/s1. The molecule has 9 nitrogen and oxygen atoms in total. The van der Waals surface area contributed by atoms with Crippen molar-refractivity contribution in [3.63, 3.8) is 0 Å². The Morgan fingerprint density at radius 1 is 0.917 bits per heavy atom. The number of carbonyl (C=O) groups excluding carboxylic acids is 1. The van der Waals surface area contributed by atoms with Gasteiger partial charge in [-0.2, -0.15) is 0 Å². The number of ether oxygens (including phenoxy) is 4. The monoisotopic (exact) mass is 709 g/mol. The van der Waals surface area contributed by atoms with E-state index < -0.39 is 12.0 Å². The van der Waals surface area contributed by atoms with E-state index in [2.05, 4.69) is 23.7 Å². The molecule has 252 valence electrons. The van der Waals surface area contributed by atoms with Gasteiger partial charge in [0.15, 0.2) is 16.3 Å². The highest BCUT2D eigenvalue weighted by Crippen LogP contribution is 2.35. The van der Waals surface area contributed by atoms with Crippen LogP contribution in [0.1, 0.15) is 50.4 Å². The van der Waals surface area contributed by atoms with E-state index in [1.165, 1.54) is 29.2 Å². The quantitative estimate of drug-likeness (QED) is 0.146. The first-order chi connectivity index (χ1) is 23.2. The van der Waals surface area contributed by atoms with Crippen molar-refractivity contribution < 1.29 is 23.7 Å². The Hall–Kier alpha value is -4.25. The van der Waals surface area contributed by atoms with Crippen LogP contribution >= 0.6 is 34.5 Å². The second-order valence-corrected chi connectivity index (χ2v) is 12.5. The topological polar surface area (TPSA) is 91.6 Å². The molecule has 0 bridgehead atoms. The molecule has 0 fully saturated rings. The van der Waals surface area contributed by atoms with Crippen molar-refractivity contribution in [1.82, 2.24) is 4.57 Å². The predicted molar refractivity (Wildman–Crippen MR) is 191 cm³/mol. The summed E-state index contributed by atoms with van der Waals surface area (Å²) in [7, 11) is 1.30. The van der Waals surface area contributed by atoms with Gasteiger partial charge in [0.05, 0.1) is 46.5 Å². The average Bonchev–Trinajstić information content (AvgIpc) is 3.41. The highest BCUT2D eigenvalue weighted by atomic mass is 35.5. The molecule has 4 aromatic rings. The van der Waals surface area contributed by atoms with E-state index in [0.29, 0.717) is 61.0 Å². The summed E-state index contributed by atoms with van der Waals surface area (Å²) < 4.78 is 25.0. The lowest BCUT2D eigenvalue weighted by Gasteiger charge is -2.23. The van der Waals surface area contributed by atoms with Gasteiger partial charge < -0.3 is 23.8 Å². The molecule has 0 unspecified atom stereocenters. The number of esters is 1. The number of halogens is 2. The zero-order chi connectivity index (χ0) is 34.4. The minimum absolute atomic E-state index is 0.220. The molecular weight excluding hydrogens is 673 g/mol. The van der Waals surface area contributed by atoms with Gasteiger partial charge in [0.2, 0.25) is 0 Å². The van der Waals surface area contributed by atoms with Gasteiger partial charge in [0.1, 0.15) is 12.4 Å². The van der Waals surface area contributed by atoms with E-state index in [1.54, 1.807) is 30.3 Å². The van der Waals surface area contributed by atoms with Crippen LogP contribution in [0.5, 0.6) is 17.2 Å². The molecule has 3 aromatic carbocycles. The van der Waals surface area contributed by atoms with Gasteiger partial charge in [0, 0.05) is 36.6 Å². The first kappa shape index (κ1) is 35.1. The molecule has 0 saturated carbocycles. The van der Waals surface area contributed by atoms with Crippen LogP contribution in [0.15, 0.2) is 76.2 Å². The fourth-order valence-corrected chi connectivity index (χ4v) is 6.75. The van der Waals surface area contributed by atoms with Gasteiger partial charge in [-0.3, -0.25) is 9.36 Å². The van der Waals surface area contributed by atoms with Crippen molar-refractivity contribution in [3.8, 4) is 17.2 Å². The fraction of sp³-hybridized carbons (Fsp3) is 0.306. The minimum Gasteiger partial charge on any atom is -0.490 e. The Kier molecular flexibility index (Phi) is 11.5. The molecule has 0 radical (unpaired) electrons. The van der Waals surface area contributed by atoms with Crippen LogP contribution < -0.4 is 34.0 Å². The Morgan fingerprint density at radius 2 is 1.67 bits per heavy atom. The molecule has 0 saturated heterocycles. The first-order valence-electron chi connectivity index (χ1n) is 15.7. The number of methoxy groups -OCH3 is 1. The van der Waals surface area contributed by atoms with E-state index >= 15 is 0 Å². The van der Waals surface area contributed by atoms with Crippen molar-refractivity contribution in [3.05, 3.63) is 113 Å². The number of anilines is 1. The van der Waals surface area contributed by atoms with Gasteiger partial charge in [-0.25, -0.2) is 9.79 Å². The van der Waals surface area contributed by atoms with E-state index in [9.17, 15) is 9.59 Å². The molecule has 1 aliphatic heterocycles. The van der Waals surface area contributed by atoms with E-state index in [-0.39, 0.29) is 17.7 Å². The number of hydrogen-bond donors (Lipinski definition) is 0. The molecule has 1 aromatic heterocycles. The van der Waals surface area contributed by atoms with Gasteiger partial charge >= 0.3 is 5.97 Å². The molecule has 12 heteroatoms. The van der Waals surface area contributed by atoms with Crippen LogP contribution in [0, 0.1) is 0 Å². The molecule has 48 heavy (non-hydrogen) atoms. The molecule has 0 aliphatic carbocycles. The predicted octanol–water partition coefficient (Wildman–Crippen LogP) is 6.55. The molecule has 1 atom stereocenters. The molecule has 2 heterocycles. The Labute approximate surface area is 293 Å². The van der Waals surface area contributed by atoms with Gasteiger partial charge in [-0.15, -0.1) is 0 Å². The number of hydrogen-bond acceptors (Lipinski definition) is 9. The SMILES string of the molecule is CCOc1ccc([C@@H]2C(C(=O)OC)=CN=c3s/c(=C/c4ccc(N(CC)CC)cc4OCc4ccc(Cl)c(Cl)c4)c(=O)n32)cc1OCC. The summed E-state index contributed by atoms with van der Waals surface area (Å²) in [6.07, 6.45) is 3.26. The number of rotatable bonds is 13. The maximum atomic E-state index is 14.2. The lowest BCUT2D eigenvalue weighted by molar-refractivity contribution is -0.136. The van der Waals surface area contributed by atoms with Crippen LogP contribution in [0.3, 0.4) is 0 Å². The molecular formula is C36H37Cl2N3O6S. The lowest BCUT2D eigenvalue weighted by atomic mass is 9.97. The third-order valence-electron chi connectivity index (χ3n) is 7.80. The molecule has 5 rings (SSSR count). The largest absolute Gasteiger partial charge is 0.490 e. The normalized spacial score (nSPS) is 14.1. The summed E-state index contributed by atoms with van der Waals surface area (Å²) in [5.41, 5.74) is 3.10.